The highest BCUT2D eigenvalue weighted by atomic mass is 16.2. The number of nitrogens with zero attached hydrogens (tertiary/aromatic N) is 1. The van der Waals surface area contributed by atoms with Crippen molar-refractivity contribution in [3.8, 4) is 22.4 Å². The van der Waals surface area contributed by atoms with Crippen molar-refractivity contribution in [1.29, 1.82) is 0 Å². The van der Waals surface area contributed by atoms with Gasteiger partial charge in [0.1, 0.15) is 0 Å². The van der Waals surface area contributed by atoms with Gasteiger partial charge in [-0.25, -0.2) is 0 Å². The van der Waals surface area contributed by atoms with Crippen molar-refractivity contribution in [2.45, 2.75) is 26.2 Å². The van der Waals surface area contributed by atoms with Crippen LogP contribution < -0.4 is 11.1 Å². The van der Waals surface area contributed by atoms with Gasteiger partial charge in [-0.1, -0.05) is 55.1 Å². The first-order valence-corrected chi connectivity index (χ1v) is 13.8. The highest BCUT2D eigenvalue weighted by Gasteiger charge is 2.19. The summed E-state index contributed by atoms with van der Waals surface area (Å²) < 4.78 is 0. The molecule has 0 fully saturated rings. The molecular formula is C34H34N4O3. The number of benzene rings is 3. The molecule has 1 aromatic heterocycles. The van der Waals surface area contributed by atoms with Crippen molar-refractivity contribution in [3.05, 3.63) is 102 Å². The number of amides is 2. The highest BCUT2D eigenvalue weighted by molar-refractivity contribution is 6.11. The summed E-state index contributed by atoms with van der Waals surface area (Å²) in [5.41, 5.74) is 13.4. The Morgan fingerprint density at radius 1 is 1.02 bits per heavy atom. The van der Waals surface area contributed by atoms with Gasteiger partial charge in [0.15, 0.2) is 5.78 Å². The minimum atomic E-state index is -0.529. The van der Waals surface area contributed by atoms with E-state index in [4.69, 9.17) is 5.73 Å². The number of carbonyl (C=O) groups is 3. The number of anilines is 1. The minimum absolute atomic E-state index is 0.0787. The van der Waals surface area contributed by atoms with Gasteiger partial charge in [-0.3, -0.25) is 14.4 Å². The van der Waals surface area contributed by atoms with Gasteiger partial charge in [0.2, 0.25) is 5.91 Å². The Hall–Kier alpha value is -4.75. The molecule has 2 amide bonds. The molecule has 0 saturated carbocycles. The number of H-pyrrole nitrogens is 1. The Morgan fingerprint density at radius 3 is 2.54 bits per heavy atom. The van der Waals surface area contributed by atoms with Crippen molar-refractivity contribution in [2.24, 2.45) is 5.73 Å². The number of aromatic nitrogens is 1. The molecule has 1 aliphatic rings. The molecular weight excluding hydrogens is 512 g/mol. The van der Waals surface area contributed by atoms with Gasteiger partial charge < -0.3 is 20.9 Å². The monoisotopic (exact) mass is 546 g/mol. The van der Waals surface area contributed by atoms with Gasteiger partial charge in [-0.2, -0.15) is 0 Å². The molecule has 3 aromatic carbocycles. The number of rotatable bonds is 7. The van der Waals surface area contributed by atoms with E-state index in [1.807, 2.05) is 61.5 Å². The molecule has 41 heavy (non-hydrogen) atoms. The second-order valence-corrected chi connectivity index (χ2v) is 10.5. The van der Waals surface area contributed by atoms with E-state index in [-0.39, 0.29) is 11.7 Å². The summed E-state index contributed by atoms with van der Waals surface area (Å²) in [4.78, 5) is 43.2. The number of aromatic amines is 1. The lowest BCUT2D eigenvalue weighted by atomic mass is 9.94. The molecule has 208 valence electrons. The molecule has 0 atom stereocenters. The number of allylic oxidation sites excluding steroid dienone is 1. The second-order valence-electron chi connectivity index (χ2n) is 10.5. The van der Waals surface area contributed by atoms with Crippen LogP contribution in [0.25, 0.3) is 33.3 Å². The van der Waals surface area contributed by atoms with Crippen LogP contribution >= 0.6 is 0 Å². The lowest BCUT2D eigenvalue weighted by Gasteiger charge is -2.19. The summed E-state index contributed by atoms with van der Waals surface area (Å²) in [7, 11) is 2.11. The van der Waals surface area contributed by atoms with Crippen LogP contribution in [0.2, 0.25) is 0 Å². The van der Waals surface area contributed by atoms with Crippen LogP contribution in [0.15, 0.2) is 85.0 Å². The van der Waals surface area contributed by atoms with E-state index in [1.54, 1.807) is 6.07 Å². The molecule has 4 aromatic rings. The van der Waals surface area contributed by atoms with E-state index in [0.29, 0.717) is 22.3 Å². The molecule has 2 heterocycles. The maximum absolute atomic E-state index is 13.2. The van der Waals surface area contributed by atoms with Crippen LogP contribution in [0, 0.1) is 6.92 Å². The molecule has 0 radical (unpaired) electrons. The predicted molar refractivity (Wildman–Crippen MR) is 165 cm³/mol. The van der Waals surface area contributed by atoms with E-state index in [0.717, 1.165) is 71.3 Å². The molecule has 1 aliphatic heterocycles. The Balaban J connectivity index is 1.52. The van der Waals surface area contributed by atoms with Crippen LogP contribution in [-0.4, -0.2) is 47.6 Å². The maximum atomic E-state index is 13.2. The van der Waals surface area contributed by atoms with Gasteiger partial charge in [0.05, 0.1) is 11.1 Å². The van der Waals surface area contributed by atoms with E-state index in [1.165, 1.54) is 6.08 Å². The van der Waals surface area contributed by atoms with Gasteiger partial charge in [0, 0.05) is 28.9 Å². The van der Waals surface area contributed by atoms with E-state index in [9.17, 15) is 14.4 Å². The predicted octanol–water partition coefficient (Wildman–Crippen LogP) is 6.26. The molecule has 5 rings (SSSR count). The van der Waals surface area contributed by atoms with Crippen molar-refractivity contribution in [3.63, 3.8) is 0 Å². The fourth-order valence-corrected chi connectivity index (χ4v) is 5.47. The van der Waals surface area contributed by atoms with Crippen LogP contribution in [0.1, 0.15) is 45.5 Å². The lowest BCUT2D eigenvalue weighted by Crippen LogP contribution is -2.22. The van der Waals surface area contributed by atoms with Crippen LogP contribution in [0.5, 0.6) is 0 Å². The van der Waals surface area contributed by atoms with Gasteiger partial charge in [-0.15, -0.1) is 0 Å². The number of hydrogen-bond acceptors (Lipinski definition) is 4. The zero-order chi connectivity index (χ0) is 29.1. The Kier molecular flexibility index (Phi) is 7.99. The maximum Gasteiger partial charge on any atom is 0.250 e. The van der Waals surface area contributed by atoms with Crippen LogP contribution in [0.4, 0.5) is 5.69 Å². The van der Waals surface area contributed by atoms with Crippen molar-refractivity contribution >= 4 is 34.2 Å². The molecule has 0 aliphatic carbocycles. The zero-order valence-electron chi connectivity index (χ0n) is 23.4. The van der Waals surface area contributed by atoms with Crippen molar-refractivity contribution in [2.75, 3.05) is 25.5 Å². The zero-order valence-corrected chi connectivity index (χ0v) is 23.4. The molecule has 0 spiro atoms. The fourth-order valence-electron chi connectivity index (χ4n) is 5.47. The fraction of sp³-hybridized carbons (Fsp3) is 0.206. The Labute approximate surface area is 239 Å². The van der Waals surface area contributed by atoms with Crippen LogP contribution in [-0.2, 0) is 4.79 Å². The number of fused-ring (bicyclic) bond motifs is 1. The first-order chi connectivity index (χ1) is 19.8. The van der Waals surface area contributed by atoms with Gasteiger partial charge in [0.25, 0.3) is 5.91 Å². The topological polar surface area (TPSA) is 108 Å². The molecule has 0 bridgehead atoms. The van der Waals surface area contributed by atoms with Crippen molar-refractivity contribution in [1.82, 2.24) is 9.88 Å². The number of nitrogens with one attached hydrogen (secondary N) is 2. The molecule has 7 nitrogen and oxygen atoms in total. The quantitative estimate of drug-likeness (QED) is 0.188. The number of carbonyl (C=O) groups excluding carboxylic acids is 3. The third-order valence-corrected chi connectivity index (χ3v) is 7.76. The number of hydrogen-bond donors (Lipinski definition) is 3. The van der Waals surface area contributed by atoms with E-state index < -0.39 is 5.91 Å². The molecule has 7 heteroatoms. The lowest BCUT2D eigenvalue weighted by molar-refractivity contribution is -0.111. The number of ketones is 1. The highest BCUT2D eigenvalue weighted by Crippen LogP contribution is 2.37. The number of primary amides is 1. The van der Waals surface area contributed by atoms with Crippen LogP contribution in [0.3, 0.4) is 0 Å². The first-order valence-electron chi connectivity index (χ1n) is 13.8. The molecule has 0 unspecified atom stereocenters. The summed E-state index contributed by atoms with van der Waals surface area (Å²) in [6.45, 7) is 7.42. The summed E-state index contributed by atoms with van der Waals surface area (Å²) in [5, 5.41) is 3.68. The normalized spacial score (nSPS) is 15.4. The summed E-state index contributed by atoms with van der Waals surface area (Å²) in [6.07, 6.45) is 5.93. The Morgan fingerprint density at radius 2 is 1.80 bits per heavy atom. The summed E-state index contributed by atoms with van der Waals surface area (Å²) in [5.74, 6) is -0.739. The first kappa shape index (κ1) is 27.8. The summed E-state index contributed by atoms with van der Waals surface area (Å²) >= 11 is 0. The summed E-state index contributed by atoms with van der Waals surface area (Å²) in [6, 6.07) is 18.9. The van der Waals surface area contributed by atoms with Gasteiger partial charge >= 0.3 is 0 Å². The number of Topliss-reactive ketones (excluding diaryl/α,β-unsaturated/α-hetero) is 1. The van der Waals surface area contributed by atoms with Gasteiger partial charge in [-0.05, 0) is 91.9 Å². The average Bonchev–Trinajstić information content (AvgIpc) is 3.41. The average molecular weight is 547 g/mol. The van der Waals surface area contributed by atoms with E-state index >= 15 is 0 Å². The molecule has 0 saturated heterocycles. The largest absolute Gasteiger partial charge is 0.366 e. The molecule has 4 N–H and O–H groups in total. The second kappa shape index (κ2) is 11.8. The standard InChI is InChI=1S/C34H34N4O3/c1-4-31(39)36-29-11-5-10-25(21(29)2)26-16-17-27(34(35)41)32-28(26)20-30(37-32)22-12-14-24(15-13-22)33(40)23-8-6-18-38(3)19-7-9-23/h4-5,8,10-17,20,37H,1,6-7,9,18-19H2,2-3H3,(H2,35,41)(H,36,39)/b23-8-. The Bertz CT molecular complexity index is 1700. The van der Waals surface area contributed by atoms with Crippen molar-refractivity contribution < 1.29 is 14.4 Å². The minimum Gasteiger partial charge on any atom is -0.366 e. The third kappa shape index (κ3) is 5.76. The third-order valence-electron chi connectivity index (χ3n) is 7.76. The number of nitrogens with two attached hydrogens (primary N) is 1. The van der Waals surface area contributed by atoms with E-state index in [2.05, 4.69) is 34.9 Å². The smallest absolute Gasteiger partial charge is 0.250 e. The SMILES string of the molecule is C=CC(=O)Nc1cccc(-c2ccc(C(N)=O)c3[nH]c(-c4ccc(C(=O)/C5=C\CCN(C)CCC5)cc4)cc23)c1C.